The van der Waals surface area contributed by atoms with Gasteiger partial charge in [0, 0.05) is 6.04 Å². The van der Waals surface area contributed by atoms with Crippen molar-refractivity contribution in [1.82, 2.24) is 10.5 Å². The number of hydrogen-bond donors (Lipinski definition) is 1. The Morgan fingerprint density at radius 1 is 1.18 bits per heavy atom. The minimum Gasteiger partial charge on any atom is -0.493 e. The van der Waals surface area contributed by atoms with Gasteiger partial charge in [-0.25, -0.2) is 4.79 Å². The first-order chi connectivity index (χ1) is 13.2. The summed E-state index contributed by atoms with van der Waals surface area (Å²) < 4.78 is 21.4. The number of amides is 1. The van der Waals surface area contributed by atoms with Crippen LogP contribution in [0.1, 0.15) is 48.1 Å². The Balaban J connectivity index is 2.07. The molecule has 2 rings (SSSR count). The fourth-order valence-corrected chi connectivity index (χ4v) is 2.46. The van der Waals surface area contributed by atoms with Crippen LogP contribution in [0.15, 0.2) is 22.7 Å². The number of hydrogen-bond acceptors (Lipinski definition) is 7. The van der Waals surface area contributed by atoms with Crippen LogP contribution in [0.4, 0.5) is 0 Å². The molecule has 0 radical (unpaired) electrons. The van der Waals surface area contributed by atoms with E-state index < -0.39 is 12.1 Å². The Morgan fingerprint density at radius 3 is 2.46 bits per heavy atom. The second kappa shape index (κ2) is 9.25. The van der Waals surface area contributed by atoms with Gasteiger partial charge < -0.3 is 24.1 Å². The van der Waals surface area contributed by atoms with Crippen molar-refractivity contribution in [2.24, 2.45) is 0 Å². The van der Waals surface area contributed by atoms with E-state index >= 15 is 0 Å². The highest BCUT2D eigenvalue weighted by Crippen LogP contribution is 2.30. The summed E-state index contributed by atoms with van der Waals surface area (Å²) in [5, 5.41) is 6.58. The summed E-state index contributed by atoms with van der Waals surface area (Å²) in [6.07, 6.45) is -0.906. The number of ether oxygens (including phenoxy) is 3. The van der Waals surface area contributed by atoms with Crippen LogP contribution in [-0.4, -0.2) is 36.3 Å². The van der Waals surface area contributed by atoms with Crippen molar-refractivity contribution < 1.29 is 28.3 Å². The molecule has 1 N–H and O–H groups in total. The van der Waals surface area contributed by atoms with Crippen molar-refractivity contribution in [1.29, 1.82) is 0 Å². The van der Waals surface area contributed by atoms with Crippen LogP contribution in [-0.2, 0) is 16.1 Å². The summed E-state index contributed by atoms with van der Waals surface area (Å²) in [7, 11) is 1.48. The zero-order chi connectivity index (χ0) is 20.8. The fourth-order valence-electron chi connectivity index (χ4n) is 2.46. The van der Waals surface area contributed by atoms with Gasteiger partial charge in [0.2, 0.25) is 0 Å². The SMILES string of the molecule is COc1cc(C(=O)O[C@@H](C)C(=O)NC(C)C)ccc1OCc1c(C)noc1C. The van der Waals surface area contributed by atoms with E-state index in [9.17, 15) is 9.59 Å². The van der Waals surface area contributed by atoms with Gasteiger partial charge in [-0.3, -0.25) is 4.79 Å². The van der Waals surface area contributed by atoms with Crippen LogP contribution < -0.4 is 14.8 Å². The Kier molecular flexibility index (Phi) is 7.03. The molecule has 0 bridgehead atoms. The number of methoxy groups -OCH3 is 1. The molecule has 0 saturated carbocycles. The summed E-state index contributed by atoms with van der Waals surface area (Å²) in [5.74, 6) is 0.548. The van der Waals surface area contributed by atoms with E-state index in [0.717, 1.165) is 11.3 Å². The molecule has 0 fully saturated rings. The normalized spacial score (nSPS) is 11.8. The Bertz CT molecular complexity index is 824. The van der Waals surface area contributed by atoms with Crippen LogP contribution in [0, 0.1) is 13.8 Å². The zero-order valence-corrected chi connectivity index (χ0v) is 17.0. The highest BCUT2D eigenvalue weighted by atomic mass is 16.5. The molecule has 0 unspecified atom stereocenters. The number of carbonyl (C=O) groups excluding carboxylic acids is 2. The molecule has 0 spiro atoms. The quantitative estimate of drug-likeness (QED) is 0.692. The minimum absolute atomic E-state index is 0.0390. The van der Waals surface area contributed by atoms with E-state index in [4.69, 9.17) is 18.7 Å². The van der Waals surface area contributed by atoms with Crippen LogP contribution in [0.5, 0.6) is 11.5 Å². The predicted molar refractivity (Wildman–Crippen MR) is 101 cm³/mol. The van der Waals surface area contributed by atoms with Gasteiger partial charge in [-0.15, -0.1) is 0 Å². The Labute approximate surface area is 164 Å². The lowest BCUT2D eigenvalue weighted by Gasteiger charge is -2.16. The number of aryl methyl sites for hydroxylation is 2. The number of nitrogens with one attached hydrogen (secondary N) is 1. The third-order valence-corrected chi connectivity index (χ3v) is 4.04. The molecular formula is C20H26N2O6. The maximum atomic E-state index is 12.3. The monoisotopic (exact) mass is 390 g/mol. The van der Waals surface area contributed by atoms with Crippen molar-refractivity contribution in [2.45, 2.75) is 53.4 Å². The summed E-state index contributed by atoms with van der Waals surface area (Å²) in [4.78, 5) is 24.2. The lowest BCUT2D eigenvalue weighted by atomic mass is 10.2. The molecule has 152 valence electrons. The van der Waals surface area contributed by atoms with Crippen molar-refractivity contribution >= 4 is 11.9 Å². The third kappa shape index (κ3) is 5.25. The second-order valence-electron chi connectivity index (χ2n) is 6.67. The predicted octanol–water partition coefficient (Wildman–Crippen LogP) is 2.95. The molecule has 0 saturated heterocycles. The van der Waals surface area contributed by atoms with Crippen LogP contribution in [0.3, 0.4) is 0 Å². The summed E-state index contributed by atoms with van der Waals surface area (Å²) in [6, 6.07) is 4.65. The van der Waals surface area contributed by atoms with E-state index in [1.54, 1.807) is 12.1 Å². The smallest absolute Gasteiger partial charge is 0.339 e. The molecule has 1 heterocycles. The molecule has 1 aromatic carbocycles. The zero-order valence-electron chi connectivity index (χ0n) is 17.0. The van der Waals surface area contributed by atoms with Gasteiger partial charge in [-0.2, -0.15) is 0 Å². The highest BCUT2D eigenvalue weighted by molar-refractivity contribution is 5.92. The molecule has 8 nitrogen and oxygen atoms in total. The third-order valence-electron chi connectivity index (χ3n) is 4.04. The van der Waals surface area contributed by atoms with Gasteiger partial charge in [-0.05, 0) is 52.8 Å². The molecule has 1 aromatic heterocycles. The van der Waals surface area contributed by atoms with E-state index in [-0.39, 0.29) is 24.1 Å². The number of carbonyl (C=O) groups is 2. The summed E-state index contributed by atoms with van der Waals surface area (Å²) >= 11 is 0. The van der Waals surface area contributed by atoms with Gasteiger partial charge in [0.1, 0.15) is 12.4 Å². The molecular weight excluding hydrogens is 364 g/mol. The summed E-state index contributed by atoms with van der Waals surface area (Å²) in [5.41, 5.74) is 1.87. The lowest BCUT2D eigenvalue weighted by molar-refractivity contribution is -0.129. The average molecular weight is 390 g/mol. The molecule has 2 aromatic rings. The summed E-state index contributed by atoms with van der Waals surface area (Å²) in [6.45, 7) is 9.09. The Hall–Kier alpha value is -3.03. The van der Waals surface area contributed by atoms with E-state index in [1.807, 2.05) is 27.7 Å². The van der Waals surface area contributed by atoms with E-state index in [0.29, 0.717) is 17.3 Å². The standard InChI is InChI=1S/C20H26N2O6/c1-11(2)21-19(23)14(5)27-20(24)15-7-8-17(18(9-15)25-6)26-10-16-12(3)22-28-13(16)4/h7-9,11,14H,10H2,1-6H3,(H,21,23)/t14-/m0/s1. The average Bonchev–Trinajstić information content (AvgIpc) is 2.97. The van der Waals surface area contributed by atoms with Crippen LogP contribution in [0.2, 0.25) is 0 Å². The highest BCUT2D eigenvalue weighted by Gasteiger charge is 2.21. The topological polar surface area (TPSA) is 99.9 Å². The number of aromatic nitrogens is 1. The first kappa shape index (κ1) is 21.3. The lowest BCUT2D eigenvalue weighted by Crippen LogP contribution is -2.39. The van der Waals surface area contributed by atoms with Crippen LogP contribution >= 0.6 is 0 Å². The number of benzene rings is 1. The maximum Gasteiger partial charge on any atom is 0.339 e. The molecule has 0 aliphatic heterocycles. The van der Waals surface area contributed by atoms with E-state index in [2.05, 4.69) is 10.5 Å². The van der Waals surface area contributed by atoms with Gasteiger partial charge in [0.15, 0.2) is 17.6 Å². The van der Waals surface area contributed by atoms with Crippen molar-refractivity contribution in [3.63, 3.8) is 0 Å². The largest absolute Gasteiger partial charge is 0.493 e. The molecule has 0 aliphatic carbocycles. The number of rotatable bonds is 8. The first-order valence-electron chi connectivity index (χ1n) is 8.96. The van der Waals surface area contributed by atoms with Crippen molar-refractivity contribution in [2.75, 3.05) is 7.11 Å². The van der Waals surface area contributed by atoms with Gasteiger partial charge in [-0.1, -0.05) is 5.16 Å². The number of esters is 1. The molecule has 28 heavy (non-hydrogen) atoms. The van der Waals surface area contributed by atoms with Crippen molar-refractivity contribution in [3.8, 4) is 11.5 Å². The molecule has 1 atom stereocenters. The minimum atomic E-state index is -0.906. The molecule has 8 heteroatoms. The Morgan fingerprint density at radius 2 is 1.89 bits per heavy atom. The van der Waals surface area contributed by atoms with Gasteiger partial charge in [0.05, 0.1) is 23.9 Å². The van der Waals surface area contributed by atoms with Gasteiger partial charge in [0.25, 0.3) is 5.91 Å². The second-order valence-corrected chi connectivity index (χ2v) is 6.67. The molecule has 1 amide bonds. The van der Waals surface area contributed by atoms with Gasteiger partial charge >= 0.3 is 5.97 Å². The fraction of sp³-hybridized carbons (Fsp3) is 0.450. The maximum absolute atomic E-state index is 12.3. The number of nitrogens with zero attached hydrogens (tertiary/aromatic N) is 1. The molecule has 0 aliphatic rings. The first-order valence-corrected chi connectivity index (χ1v) is 8.96. The van der Waals surface area contributed by atoms with E-state index in [1.165, 1.54) is 20.1 Å². The van der Waals surface area contributed by atoms with Crippen LogP contribution in [0.25, 0.3) is 0 Å². The van der Waals surface area contributed by atoms with Crippen molar-refractivity contribution in [3.05, 3.63) is 40.8 Å².